The van der Waals surface area contributed by atoms with E-state index >= 15 is 0 Å². The number of aliphatic hydroxyl groups is 1. The average Bonchev–Trinajstić information content (AvgIpc) is 3.10. The smallest absolute Gasteiger partial charge is 0.295 e. The van der Waals surface area contributed by atoms with Gasteiger partial charge in [-0.15, -0.1) is 0 Å². The SMILES string of the molecule is CCOc1ccc(/C(O)=C2/C(=O)C(=O)N(Cc3ccc(OC)cc3)C2c2ccccc2)cc1. The summed E-state index contributed by atoms with van der Waals surface area (Å²) in [6.07, 6.45) is 0. The van der Waals surface area contributed by atoms with Gasteiger partial charge < -0.3 is 19.5 Å². The number of rotatable bonds is 7. The summed E-state index contributed by atoms with van der Waals surface area (Å²) < 4.78 is 10.7. The van der Waals surface area contributed by atoms with Crippen molar-refractivity contribution in [3.8, 4) is 11.5 Å². The van der Waals surface area contributed by atoms with Gasteiger partial charge in [-0.05, 0) is 54.4 Å². The van der Waals surface area contributed by atoms with E-state index in [1.807, 2.05) is 61.5 Å². The van der Waals surface area contributed by atoms with Gasteiger partial charge in [-0.1, -0.05) is 42.5 Å². The molecule has 1 aliphatic rings. The molecule has 3 aromatic rings. The first kappa shape index (κ1) is 22.1. The van der Waals surface area contributed by atoms with Gasteiger partial charge in [0.2, 0.25) is 0 Å². The molecule has 168 valence electrons. The number of hydrogen-bond acceptors (Lipinski definition) is 5. The van der Waals surface area contributed by atoms with Gasteiger partial charge in [-0.25, -0.2) is 0 Å². The zero-order valence-corrected chi connectivity index (χ0v) is 18.5. The van der Waals surface area contributed by atoms with Crippen molar-refractivity contribution < 1.29 is 24.2 Å². The van der Waals surface area contributed by atoms with Crippen molar-refractivity contribution in [3.63, 3.8) is 0 Å². The summed E-state index contributed by atoms with van der Waals surface area (Å²) in [5.74, 6) is -0.192. The van der Waals surface area contributed by atoms with Gasteiger partial charge in [-0.2, -0.15) is 0 Å². The first-order valence-corrected chi connectivity index (χ1v) is 10.7. The number of ketones is 1. The van der Waals surface area contributed by atoms with Crippen molar-refractivity contribution in [1.82, 2.24) is 4.90 Å². The Morgan fingerprint density at radius 2 is 1.55 bits per heavy atom. The molecule has 1 fully saturated rings. The quantitative estimate of drug-likeness (QED) is 0.325. The molecule has 1 heterocycles. The zero-order valence-electron chi connectivity index (χ0n) is 18.5. The number of ether oxygens (including phenoxy) is 2. The number of aliphatic hydroxyl groups excluding tert-OH is 1. The second-order valence-electron chi connectivity index (χ2n) is 7.64. The number of carbonyl (C=O) groups is 2. The van der Waals surface area contributed by atoms with Crippen LogP contribution in [0.1, 0.15) is 29.7 Å². The van der Waals surface area contributed by atoms with E-state index in [0.717, 1.165) is 11.1 Å². The summed E-state index contributed by atoms with van der Waals surface area (Å²) in [6.45, 7) is 2.63. The summed E-state index contributed by atoms with van der Waals surface area (Å²) in [5, 5.41) is 11.1. The fraction of sp³-hybridized carbons (Fsp3) is 0.185. The Labute approximate surface area is 192 Å². The van der Waals surface area contributed by atoms with Crippen LogP contribution in [0.25, 0.3) is 5.76 Å². The van der Waals surface area contributed by atoms with Gasteiger partial charge in [0.05, 0.1) is 25.3 Å². The minimum absolute atomic E-state index is 0.0730. The lowest BCUT2D eigenvalue weighted by atomic mass is 9.95. The molecule has 0 spiro atoms. The summed E-state index contributed by atoms with van der Waals surface area (Å²) >= 11 is 0. The van der Waals surface area contributed by atoms with Crippen molar-refractivity contribution in [2.75, 3.05) is 13.7 Å². The topological polar surface area (TPSA) is 76.1 Å². The summed E-state index contributed by atoms with van der Waals surface area (Å²) in [6, 6.07) is 22.7. The van der Waals surface area contributed by atoms with Gasteiger partial charge in [0.25, 0.3) is 11.7 Å². The maximum Gasteiger partial charge on any atom is 0.295 e. The van der Waals surface area contributed by atoms with E-state index < -0.39 is 17.7 Å². The minimum atomic E-state index is -0.708. The largest absolute Gasteiger partial charge is 0.507 e. The molecule has 4 rings (SSSR count). The van der Waals surface area contributed by atoms with Crippen LogP contribution in [-0.4, -0.2) is 35.4 Å². The fourth-order valence-corrected chi connectivity index (χ4v) is 3.98. The second kappa shape index (κ2) is 9.61. The Balaban J connectivity index is 1.77. The molecule has 6 nitrogen and oxygen atoms in total. The van der Waals surface area contributed by atoms with E-state index in [1.54, 1.807) is 31.4 Å². The number of methoxy groups -OCH3 is 1. The van der Waals surface area contributed by atoms with E-state index in [0.29, 0.717) is 23.7 Å². The lowest BCUT2D eigenvalue weighted by Gasteiger charge is -2.25. The lowest BCUT2D eigenvalue weighted by molar-refractivity contribution is -0.140. The molecular formula is C27H25NO5. The Bertz CT molecular complexity index is 1170. The predicted octanol–water partition coefficient (Wildman–Crippen LogP) is 4.72. The molecule has 0 radical (unpaired) electrons. The number of carbonyl (C=O) groups excluding carboxylic acids is 2. The van der Waals surface area contributed by atoms with E-state index in [1.165, 1.54) is 4.90 Å². The third-order valence-electron chi connectivity index (χ3n) is 5.61. The molecule has 6 heteroatoms. The Morgan fingerprint density at radius 1 is 0.909 bits per heavy atom. The number of likely N-dealkylation sites (tertiary alicyclic amines) is 1. The number of Topliss-reactive ketones (excluding diaryl/α,β-unsaturated/α-hetero) is 1. The zero-order chi connectivity index (χ0) is 23.4. The van der Waals surface area contributed by atoms with Gasteiger partial charge in [0.15, 0.2) is 0 Å². The van der Waals surface area contributed by atoms with E-state index in [2.05, 4.69) is 0 Å². The van der Waals surface area contributed by atoms with Gasteiger partial charge >= 0.3 is 0 Å². The van der Waals surface area contributed by atoms with Gasteiger partial charge in [-0.3, -0.25) is 9.59 Å². The van der Waals surface area contributed by atoms with Crippen LogP contribution < -0.4 is 9.47 Å². The molecule has 1 amide bonds. The summed E-state index contributed by atoms with van der Waals surface area (Å²) in [4.78, 5) is 27.7. The molecule has 3 aromatic carbocycles. The third kappa shape index (κ3) is 4.46. The molecule has 1 N–H and O–H groups in total. The highest BCUT2D eigenvalue weighted by molar-refractivity contribution is 6.46. The molecule has 1 unspecified atom stereocenters. The third-order valence-corrected chi connectivity index (χ3v) is 5.61. The van der Waals surface area contributed by atoms with E-state index in [9.17, 15) is 14.7 Å². The standard InChI is InChI=1S/C27H25NO5/c1-3-33-22-15-11-20(12-16-22)25(29)23-24(19-7-5-4-6-8-19)28(27(31)26(23)30)17-18-9-13-21(32-2)14-10-18/h4-16,24,29H,3,17H2,1-2H3/b25-23-. The van der Waals surface area contributed by atoms with Crippen molar-refractivity contribution >= 4 is 17.4 Å². The fourth-order valence-electron chi connectivity index (χ4n) is 3.98. The van der Waals surface area contributed by atoms with Crippen molar-refractivity contribution in [2.24, 2.45) is 0 Å². The van der Waals surface area contributed by atoms with E-state index in [-0.39, 0.29) is 17.9 Å². The van der Waals surface area contributed by atoms with Gasteiger partial charge in [0, 0.05) is 12.1 Å². The highest BCUT2D eigenvalue weighted by Crippen LogP contribution is 2.40. The number of hydrogen-bond donors (Lipinski definition) is 1. The number of nitrogens with zero attached hydrogens (tertiary/aromatic N) is 1. The number of benzene rings is 3. The van der Waals surface area contributed by atoms with Crippen molar-refractivity contribution in [2.45, 2.75) is 19.5 Å². The predicted molar refractivity (Wildman–Crippen MR) is 125 cm³/mol. The highest BCUT2D eigenvalue weighted by atomic mass is 16.5. The lowest BCUT2D eigenvalue weighted by Crippen LogP contribution is -2.29. The van der Waals surface area contributed by atoms with Gasteiger partial charge in [0.1, 0.15) is 17.3 Å². The van der Waals surface area contributed by atoms with Crippen LogP contribution in [0.5, 0.6) is 11.5 Å². The molecule has 1 saturated heterocycles. The maximum absolute atomic E-state index is 13.1. The molecule has 0 saturated carbocycles. The minimum Gasteiger partial charge on any atom is -0.507 e. The molecule has 33 heavy (non-hydrogen) atoms. The Kier molecular flexibility index (Phi) is 6.45. The molecule has 0 aliphatic carbocycles. The Morgan fingerprint density at radius 3 is 2.15 bits per heavy atom. The average molecular weight is 443 g/mol. The van der Waals surface area contributed by atoms with Crippen LogP contribution in [0.2, 0.25) is 0 Å². The molecule has 0 aromatic heterocycles. The summed E-state index contributed by atoms with van der Waals surface area (Å²) in [5.41, 5.74) is 2.11. The van der Waals surface area contributed by atoms with Crippen LogP contribution in [0.4, 0.5) is 0 Å². The van der Waals surface area contributed by atoms with Crippen LogP contribution in [0.15, 0.2) is 84.4 Å². The van der Waals surface area contributed by atoms with Crippen molar-refractivity contribution in [1.29, 1.82) is 0 Å². The summed E-state index contributed by atoms with van der Waals surface area (Å²) in [7, 11) is 1.59. The van der Waals surface area contributed by atoms with Crippen LogP contribution in [0, 0.1) is 0 Å². The number of amides is 1. The first-order valence-electron chi connectivity index (χ1n) is 10.7. The Hall–Kier alpha value is -4.06. The van der Waals surface area contributed by atoms with Crippen LogP contribution in [0.3, 0.4) is 0 Å². The normalized spacial score (nSPS) is 17.3. The first-order chi connectivity index (χ1) is 16.0. The molecule has 1 aliphatic heterocycles. The molecule has 1 atom stereocenters. The maximum atomic E-state index is 13.1. The van der Waals surface area contributed by atoms with Crippen molar-refractivity contribution in [3.05, 3.63) is 101 Å². The second-order valence-corrected chi connectivity index (χ2v) is 7.64. The highest BCUT2D eigenvalue weighted by Gasteiger charge is 2.46. The molecule has 0 bridgehead atoms. The molecular weight excluding hydrogens is 418 g/mol. The van der Waals surface area contributed by atoms with E-state index in [4.69, 9.17) is 9.47 Å². The van der Waals surface area contributed by atoms with Crippen LogP contribution >= 0.6 is 0 Å². The van der Waals surface area contributed by atoms with Crippen LogP contribution in [-0.2, 0) is 16.1 Å². The monoisotopic (exact) mass is 443 g/mol.